The molecule has 0 radical (unpaired) electrons. The quantitative estimate of drug-likeness (QED) is 0.743. The van der Waals surface area contributed by atoms with Gasteiger partial charge >= 0.3 is 0 Å². The zero-order valence-corrected chi connectivity index (χ0v) is 11.4. The van der Waals surface area contributed by atoms with Crippen LogP contribution in [0.3, 0.4) is 0 Å². The molecule has 0 atom stereocenters. The van der Waals surface area contributed by atoms with Crippen LogP contribution < -0.4 is 4.90 Å². The number of halogens is 2. The van der Waals surface area contributed by atoms with Gasteiger partial charge in [-0.2, -0.15) is 0 Å². The Morgan fingerprint density at radius 3 is 2.60 bits per heavy atom. The SMILES string of the molecule is CC1(C)CN(c2cccc(Br)c2CCl)C1. The zero-order chi connectivity index (χ0) is 11.1. The standard InChI is InChI=1S/C12H15BrClN/c1-12(2)7-15(8-12)11-5-3-4-10(13)9(11)6-14/h3-5H,6-8H2,1-2H3. The molecule has 3 heteroatoms. The van der Waals surface area contributed by atoms with Crippen molar-refractivity contribution in [3.63, 3.8) is 0 Å². The summed E-state index contributed by atoms with van der Waals surface area (Å²) < 4.78 is 1.11. The molecule has 2 rings (SSSR count). The van der Waals surface area contributed by atoms with Crippen LogP contribution in [0.15, 0.2) is 22.7 Å². The van der Waals surface area contributed by atoms with E-state index in [0.29, 0.717) is 11.3 Å². The van der Waals surface area contributed by atoms with Crippen molar-refractivity contribution in [3.05, 3.63) is 28.2 Å². The van der Waals surface area contributed by atoms with Crippen LogP contribution in [0.25, 0.3) is 0 Å². The van der Waals surface area contributed by atoms with Gasteiger partial charge in [0, 0.05) is 28.8 Å². The van der Waals surface area contributed by atoms with Gasteiger partial charge in [0.1, 0.15) is 0 Å². The molecule has 82 valence electrons. The predicted octanol–water partition coefficient (Wildman–Crippen LogP) is 4.03. The zero-order valence-electron chi connectivity index (χ0n) is 9.06. The van der Waals surface area contributed by atoms with Crippen LogP contribution in [0.2, 0.25) is 0 Å². The van der Waals surface area contributed by atoms with Crippen LogP contribution >= 0.6 is 27.5 Å². The molecule has 1 aliphatic heterocycles. The first-order chi connectivity index (χ1) is 7.03. The molecule has 1 nitrogen and oxygen atoms in total. The first-order valence-electron chi connectivity index (χ1n) is 5.12. The summed E-state index contributed by atoms with van der Waals surface area (Å²) in [6.07, 6.45) is 0. The van der Waals surface area contributed by atoms with Gasteiger partial charge in [-0.1, -0.05) is 35.8 Å². The highest BCUT2D eigenvalue weighted by atomic mass is 79.9. The van der Waals surface area contributed by atoms with Crippen LogP contribution in [-0.4, -0.2) is 13.1 Å². The molecule has 1 aliphatic rings. The lowest BCUT2D eigenvalue weighted by Gasteiger charge is -2.48. The maximum atomic E-state index is 5.98. The summed E-state index contributed by atoms with van der Waals surface area (Å²) in [6.45, 7) is 6.82. The number of rotatable bonds is 2. The Balaban J connectivity index is 2.26. The largest absolute Gasteiger partial charge is 0.370 e. The Hall–Kier alpha value is -0.210. The average Bonchev–Trinajstić information content (AvgIpc) is 2.13. The van der Waals surface area contributed by atoms with E-state index >= 15 is 0 Å². The maximum absolute atomic E-state index is 5.98. The molecule has 0 aromatic heterocycles. The van der Waals surface area contributed by atoms with Gasteiger partial charge in [-0.15, -0.1) is 11.6 Å². The van der Waals surface area contributed by atoms with E-state index in [9.17, 15) is 0 Å². The van der Waals surface area contributed by atoms with Gasteiger partial charge in [-0.25, -0.2) is 0 Å². The van der Waals surface area contributed by atoms with E-state index in [2.05, 4.69) is 46.8 Å². The highest BCUT2D eigenvalue weighted by Gasteiger charge is 2.35. The third-order valence-corrected chi connectivity index (χ3v) is 3.82. The van der Waals surface area contributed by atoms with Crippen molar-refractivity contribution in [2.45, 2.75) is 19.7 Å². The summed E-state index contributed by atoms with van der Waals surface area (Å²) in [7, 11) is 0. The fraction of sp³-hybridized carbons (Fsp3) is 0.500. The summed E-state index contributed by atoms with van der Waals surface area (Å²) in [5.74, 6) is 0.563. The van der Waals surface area contributed by atoms with Crippen LogP contribution in [0, 0.1) is 5.41 Å². The van der Waals surface area contributed by atoms with Crippen molar-refractivity contribution >= 4 is 33.2 Å². The minimum Gasteiger partial charge on any atom is -0.370 e. The molecule has 0 amide bonds. The molecule has 0 aliphatic carbocycles. The van der Waals surface area contributed by atoms with E-state index in [1.54, 1.807) is 0 Å². The van der Waals surface area contributed by atoms with Crippen molar-refractivity contribution in [2.24, 2.45) is 5.41 Å². The topological polar surface area (TPSA) is 3.24 Å². The first-order valence-corrected chi connectivity index (χ1v) is 6.44. The maximum Gasteiger partial charge on any atom is 0.0505 e. The second kappa shape index (κ2) is 3.99. The molecular weight excluding hydrogens is 273 g/mol. The summed E-state index contributed by atoms with van der Waals surface area (Å²) in [5, 5.41) is 0. The van der Waals surface area contributed by atoms with E-state index in [1.165, 1.54) is 11.3 Å². The number of alkyl halides is 1. The Bertz CT molecular complexity index is 368. The third-order valence-electron chi connectivity index (χ3n) is 2.81. The summed E-state index contributed by atoms with van der Waals surface area (Å²) in [5.41, 5.74) is 2.93. The minimum atomic E-state index is 0.450. The molecule has 0 N–H and O–H groups in total. The molecule has 1 aromatic carbocycles. The predicted molar refractivity (Wildman–Crippen MR) is 69.7 cm³/mol. The molecule has 1 saturated heterocycles. The van der Waals surface area contributed by atoms with Gasteiger partial charge in [0.2, 0.25) is 0 Å². The van der Waals surface area contributed by atoms with Crippen molar-refractivity contribution in [2.75, 3.05) is 18.0 Å². The molecule has 1 fully saturated rings. The van der Waals surface area contributed by atoms with Gasteiger partial charge in [-0.3, -0.25) is 0 Å². The molecule has 0 spiro atoms. The molecule has 0 unspecified atom stereocenters. The molecule has 0 bridgehead atoms. The number of nitrogens with zero attached hydrogens (tertiary/aromatic N) is 1. The Morgan fingerprint density at radius 1 is 1.40 bits per heavy atom. The van der Waals surface area contributed by atoms with Gasteiger partial charge in [-0.05, 0) is 17.5 Å². The van der Waals surface area contributed by atoms with Crippen molar-refractivity contribution in [3.8, 4) is 0 Å². The van der Waals surface area contributed by atoms with E-state index in [0.717, 1.165) is 17.6 Å². The molecule has 0 saturated carbocycles. The van der Waals surface area contributed by atoms with E-state index in [1.807, 2.05) is 6.07 Å². The lowest BCUT2D eigenvalue weighted by molar-refractivity contribution is 0.276. The Morgan fingerprint density at radius 2 is 2.07 bits per heavy atom. The third kappa shape index (κ3) is 2.16. The monoisotopic (exact) mass is 287 g/mol. The van der Waals surface area contributed by atoms with Crippen LogP contribution in [0.4, 0.5) is 5.69 Å². The van der Waals surface area contributed by atoms with E-state index < -0.39 is 0 Å². The van der Waals surface area contributed by atoms with Crippen molar-refractivity contribution < 1.29 is 0 Å². The summed E-state index contributed by atoms with van der Waals surface area (Å²) >= 11 is 9.52. The highest BCUT2D eigenvalue weighted by Crippen LogP contribution is 2.37. The van der Waals surface area contributed by atoms with Crippen molar-refractivity contribution in [1.29, 1.82) is 0 Å². The van der Waals surface area contributed by atoms with E-state index in [4.69, 9.17) is 11.6 Å². The second-order valence-corrected chi connectivity index (χ2v) is 6.01. The average molecular weight is 289 g/mol. The molecule has 1 aromatic rings. The van der Waals surface area contributed by atoms with Gasteiger partial charge in [0.05, 0.1) is 5.88 Å². The fourth-order valence-corrected chi connectivity index (χ4v) is 3.07. The number of hydrogen-bond donors (Lipinski definition) is 0. The Labute approximate surface area is 105 Å². The smallest absolute Gasteiger partial charge is 0.0505 e. The van der Waals surface area contributed by atoms with Crippen LogP contribution in [0.5, 0.6) is 0 Å². The minimum absolute atomic E-state index is 0.450. The Kier molecular flexibility index (Phi) is 3.00. The van der Waals surface area contributed by atoms with E-state index in [-0.39, 0.29) is 0 Å². The normalized spacial score (nSPS) is 18.8. The lowest BCUT2D eigenvalue weighted by atomic mass is 9.83. The fourth-order valence-electron chi connectivity index (χ4n) is 2.13. The summed E-state index contributed by atoms with van der Waals surface area (Å²) in [6, 6.07) is 6.27. The number of hydrogen-bond acceptors (Lipinski definition) is 1. The van der Waals surface area contributed by atoms with Crippen LogP contribution in [-0.2, 0) is 5.88 Å². The summed E-state index contributed by atoms with van der Waals surface area (Å²) in [4.78, 5) is 2.39. The van der Waals surface area contributed by atoms with Crippen molar-refractivity contribution in [1.82, 2.24) is 0 Å². The van der Waals surface area contributed by atoms with Gasteiger partial charge in [0.15, 0.2) is 0 Å². The second-order valence-electron chi connectivity index (χ2n) is 4.89. The number of benzene rings is 1. The lowest BCUT2D eigenvalue weighted by Crippen LogP contribution is -2.53. The highest BCUT2D eigenvalue weighted by molar-refractivity contribution is 9.10. The van der Waals surface area contributed by atoms with Crippen LogP contribution in [0.1, 0.15) is 19.4 Å². The molecular formula is C12H15BrClN. The number of anilines is 1. The molecule has 1 heterocycles. The first kappa shape index (κ1) is 11.3. The van der Waals surface area contributed by atoms with Gasteiger partial charge < -0.3 is 4.90 Å². The van der Waals surface area contributed by atoms with Gasteiger partial charge in [0.25, 0.3) is 0 Å². The molecule has 15 heavy (non-hydrogen) atoms.